The van der Waals surface area contributed by atoms with E-state index in [0.717, 1.165) is 0 Å². The zero-order valence-electron chi connectivity index (χ0n) is 20.3. The predicted molar refractivity (Wildman–Crippen MR) is 121 cm³/mol. The van der Waals surface area contributed by atoms with Crippen LogP contribution < -0.4 is 10.4 Å². The van der Waals surface area contributed by atoms with Gasteiger partial charge < -0.3 is 28.5 Å². The molecule has 0 saturated heterocycles. The highest BCUT2D eigenvalue weighted by Crippen LogP contribution is 2.53. The molecule has 2 aliphatic rings. The fraction of sp³-hybridized carbons (Fsp3) is 0.480. The Kier molecular flexibility index (Phi) is 6.85. The maximum absolute atomic E-state index is 13.0. The van der Waals surface area contributed by atoms with Gasteiger partial charge >= 0.3 is 23.5 Å². The van der Waals surface area contributed by atoms with E-state index in [0.29, 0.717) is 5.56 Å². The quantitative estimate of drug-likeness (QED) is 0.474. The average molecular weight is 501 g/mol. The summed E-state index contributed by atoms with van der Waals surface area (Å²) in [4.78, 5) is 52.3. The summed E-state index contributed by atoms with van der Waals surface area (Å²) in [6.45, 7) is 5.26. The van der Waals surface area contributed by atoms with Crippen molar-refractivity contribution < 1.29 is 42.9 Å². The number of aliphatic hydroxyl groups excluding tert-OH is 1. The summed E-state index contributed by atoms with van der Waals surface area (Å²) in [5, 5.41) is 11.4. The van der Waals surface area contributed by atoms with Crippen LogP contribution in [0.2, 0.25) is 0 Å². The zero-order valence-corrected chi connectivity index (χ0v) is 20.3. The molecule has 1 fully saturated rings. The number of hydrogen-bond acceptors (Lipinski definition) is 11. The monoisotopic (exact) mass is 501 g/mol. The van der Waals surface area contributed by atoms with E-state index in [4.69, 9.17) is 23.4 Å². The lowest BCUT2D eigenvalue weighted by Crippen LogP contribution is -2.62. The Morgan fingerprint density at radius 3 is 2.42 bits per heavy atom. The Balaban J connectivity index is 1.77. The first-order valence-electron chi connectivity index (χ1n) is 11.5. The Morgan fingerprint density at radius 1 is 1.14 bits per heavy atom. The van der Waals surface area contributed by atoms with Crippen molar-refractivity contribution >= 4 is 17.9 Å². The van der Waals surface area contributed by atoms with Crippen LogP contribution in [0, 0.1) is 11.8 Å². The number of pyridine rings is 1. The molecular weight excluding hydrogens is 474 g/mol. The van der Waals surface area contributed by atoms with Gasteiger partial charge in [-0.05, 0) is 31.9 Å². The van der Waals surface area contributed by atoms with E-state index >= 15 is 0 Å². The summed E-state index contributed by atoms with van der Waals surface area (Å²) in [6.07, 6.45) is -0.238. The van der Waals surface area contributed by atoms with Crippen molar-refractivity contribution in [1.82, 2.24) is 4.98 Å². The van der Waals surface area contributed by atoms with Crippen LogP contribution in [0.1, 0.15) is 52.2 Å². The molecule has 11 nitrogen and oxygen atoms in total. The average Bonchev–Trinajstić information content (AvgIpc) is 2.78. The molecule has 2 aromatic heterocycles. The van der Waals surface area contributed by atoms with Crippen molar-refractivity contribution in [3.63, 3.8) is 0 Å². The van der Waals surface area contributed by atoms with Crippen LogP contribution in [0.5, 0.6) is 5.75 Å². The molecule has 3 heterocycles. The number of rotatable bonds is 5. The van der Waals surface area contributed by atoms with Crippen LogP contribution >= 0.6 is 0 Å². The Hall–Kier alpha value is -3.73. The molecule has 36 heavy (non-hydrogen) atoms. The van der Waals surface area contributed by atoms with Crippen LogP contribution in [-0.2, 0) is 28.6 Å². The molecule has 1 aliphatic heterocycles. The standard InChI is InChI=1S/C25H27NO10/c1-12(27)32-20-9-16(24(33-13(2)28)34-14(3)29)8-17-22(30)21-19(36-25(17,20)4)10-18(35-23(21)31)15-6-5-7-26-11-15/h5-7,10-11,16-17,20,22,24,30H,8-9H2,1-4H3/t16-,17-,20-,22-,25-/m0/s1. The lowest BCUT2D eigenvalue weighted by atomic mass is 9.65. The lowest BCUT2D eigenvalue weighted by Gasteiger charge is -2.52. The molecule has 2 aromatic rings. The minimum absolute atomic E-state index is 0.0798. The summed E-state index contributed by atoms with van der Waals surface area (Å²) in [5.41, 5.74) is -1.59. The molecule has 4 rings (SSSR count). The molecule has 0 radical (unpaired) electrons. The molecular formula is C25H27NO10. The van der Waals surface area contributed by atoms with E-state index in [1.807, 2.05) is 0 Å². The first kappa shape index (κ1) is 25.4. The fourth-order valence-electron chi connectivity index (χ4n) is 5.04. The molecule has 0 aromatic carbocycles. The zero-order chi connectivity index (χ0) is 26.2. The highest BCUT2D eigenvalue weighted by atomic mass is 16.7. The summed E-state index contributed by atoms with van der Waals surface area (Å²) in [6, 6.07) is 4.89. The number of carbonyl (C=O) groups is 3. The largest absolute Gasteiger partial charge is 0.482 e. The third-order valence-electron chi connectivity index (χ3n) is 6.61. The molecule has 1 N–H and O–H groups in total. The van der Waals surface area contributed by atoms with Gasteiger partial charge in [0.2, 0.25) is 6.29 Å². The maximum atomic E-state index is 13.0. The van der Waals surface area contributed by atoms with E-state index in [1.165, 1.54) is 33.0 Å². The molecule has 0 spiro atoms. The summed E-state index contributed by atoms with van der Waals surface area (Å²) >= 11 is 0. The molecule has 1 aliphatic carbocycles. The van der Waals surface area contributed by atoms with Gasteiger partial charge in [-0.15, -0.1) is 0 Å². The normalized spacial score (nSPS) is 26.7. The highest BCUT2D eigenvalue weighted by Gasteiger charge is 2.59. The van der Waals surface area contributed by atoms with Crippen molar-refractivity contribution in [2.75, 3.05) is 0 Å². The maximum Gasteiger partial charge on any atom is 0.345 e. The summed E-state index contributed by atoms with van der Waals surface area (Å²) in [5.74, 6) is -3.09. The third-order valence-corrected chi connectivity index (χ3v) is 6.61. The second kappa shape index (κ2) is 9.73. The number of carbonyl (C=O) groups excluding carboxylic acids is 3. The first-order valence-corrected chi connectivity index (χ1v) is 11.5. The van der Waals surface area contributed by atoms with E-state index in [9.17, 15) is 24.3 Å². The number of hydrogen-bond donors (Lipinski definition) is 1. The van der Waals surface area contributed by atoms with Crippen molar-refractivity contribution in [2.45, 2.75) is 64.6 Å². The second-order valence-electron chi connectivity index (χ2n) is 9.17. The van der Waals surface area contributed by atoms with Crippen LogP contribution in [0.3, 0.4) is 0 Å². The molecule has 192 valence electrons. The van der Waals surface area contributed by atoms with Gasteiger partial charge in [0.05, 0.1) is 6.10 Å². The molecule has 0 bridgehead atoms. The minimum atomic E-state index is -1.37. The Labute approximate surface area is 206 Å². The number of fused-ring (bicyclic) bond motifs is 2. The van der Waals surface area contributed by atoms with Crippen LogP contribution in [0.15, 0.2) is 39.8 Å². The summed E-state index contributed by atoms with van der Waals surface area (Å²) in [7, 11) is 0. The number of aliphatic hydroxyl groups is 1. The molecule has 11 heteroatoms. The summed E-state index contributed by atoms with van der Waals surface area (Å²) < 4.78 is 27.8. The van der Waals surface area contributed by atoms with Gasteiger partial charge in [-0.3, -0.25) is 19.4 Å². The SMILES string of the molecule is CC(=O)OC(OC(C)=O)[C@@H]1C[C@H](OC(C)=O)[C@@]2(C)Oc3cc(-c4cccnc4)oc(=O)c3[C@@H](O)[C@@H]2C1. The van der Waals surface area contributed by atoms with E-state index in [-0.39, 0.29) is 29.9 Å². The smallest absolute Gasteiger partial charge is 0.345 e. The van der Waals surface area contributed by atoms with Crippen LogP contribution in [0.4, 0.5) is 0 Å². The van der Waals surface area contributed by atoms with Crippen LogP contribution in [0.25, 0.3) is 11.3 Å². The van der Waals surface area contributed by atoms with E-state index in [1.54, 1.807) is 25.3 Å². The fourth-order valence-corrected chi connectivity index (χ4v) is 5.04. The highest BCUT2D eigenvalue weighted by molar-refractivity contribution is 5.68. The van der Waals surface area contributed by atoms with Gasteiger partial charge in [-0.25, -0.2) is 4.79 Å². The van der Waals surface area contributed by atoms with Gasteiger partial charge in [-0.2, -0.15) is 0 Å². The minimum Gasteiger partial charge on any atom is -0.482 e. The second-order valence-corrected chi connectivity index (χ2v) is 9.17. The molecule has 0 amide bonds. The number of aromatic nitrogens is 1. The molecule has 1 saturated carbocycles. The van der Waals surface area contributed by atoms with Crippen molar-refractivity contribution in [3.8, 4) is 17.1 Å². The van der Waals surface area contributed by atoms with Crippen molar-refractivity contribution in [1.29, 1.82) is 0 Å². The van der Waals surface area contributed by atoms with Gasteiger partial charge in [0.25, 0.3) is 0 Å². The third kappa shape index (κ3) is 4.83. The molecule has 0 unspecified atom stereocenters. The van der Waals surface area contributed by atoms with Gasteiger partial charge in [0.15, 0.2) is 0 Å². The Bertz CT molecular complexity index is 1210. The number of ether oxygens (including phenoxy) is 4. The van der Waals surface area contributed by atoms with Crippen molar-refractivity contribution in [3.05, 3.63) is 46.6 Å². The molecule has 5 atom stereocenters. The van der Waals surface area contributed by atoms with Gasteiger partial charge in [0.1, 0.15) is 28.8 Å². The van der Waals surface area contributed by atoms with Gasteiger partial charge in [-0.1, -0.05) is 0 Å². The lowest BCUT2D eigenvalue weighted by molar-refractivity contribution is -0.226. The number of nitrogens with zero attached hydrogens (tertiary/aromatic N) is 1. The number of esters is 3. The van der Waals surface area contributed by atoms with Gasteiger partial charge in [0, 0.05) is 56.6 Å². The topological polar surface area (TPSA) is 151 Å². The Morgan fingerprint density at radius 2 is 1.83 bits per heavy atom. The first-order chi connectivity index (χ1) is 17.0. The van der Waals surface area contributed by atoms with E-state index in [2.05, 4.69) is 4.98 Å². The van der Waals surface area contributed by atoms with E-state index < -0.39 is 59.5 Å². The van der Waals surface area contributed by atoms with Crippen LogP contribution in [-0.4, -0.2) is 46.0 Å². The van der Waals surface area contributed by atoms with Crippen molar-refractivity contribution in [2.24, 2.45) is 11.8 Å². The predicted octanol–water partition coefficient (Wildman–Crippen LogP) is 2.30.